The van der Waals surface area contributed by atoms with Gasteiger partial charge in [0.25, 0.3) is 5.91 Å². The molecule has 0 saturated carbocycles. The Morgan fingerprint density at radius 2 is 1.53 bits per heavy atom. The number of amides is 1. The van der Waals surface area contributed by atoms with Gasteiger partial charge in [0.1, 0.15) is 11.5 Å². The number of benzene rings is 3. The number of carbonyl (C=O) groups is 2. The summed E-state index contributed by atoms with van der Waals surface area (Å²) >= 11 is 0. The second kappa shape index (κ2) is 10.7. The molecule has 0 fully saturated rings. The molecule has 0 aliphatic rings. The van der Waals surface area contributed by atoms with Crippen LogP contribution in [0.15, 0.2) is 78.9 Å². The average molecular weight is 405 g/mol. The molecule has 0 aliphatic carbocycles. The first kappa shape index (κ1) is 20.9. The summed E-state index contributed by atoms with van der Waals surface area (Å²) in [6, 6.07) is 23.8. The Bertz CT molecular complexity index is 970. The van der Waals surface area contributed by atoms with Crippen molar-refractivity contribution >= 4 is 17.6 Å². The third-order valence-corrected chi connectivity index (χ3v) is 4.27. The van der Waals surface area contributed by atoms with Gasteiger partial charge in [0.15, 0.2) is 12.4 Å². The number of hydrogen-bond acceptors (Lipinski definition) is 5. The standard InChI is InChI=1S/C24H23NO5/c1-28-19-14-11-18(12-15-19)13-16-24(27)29-17-23(26)25-21-9-5-6-10-22(21)30-20-7-3-2-4-8-20/h2-12,14-15H,13,16-17H2,1H3,(H,25,26). The van der Waals surface area contributed by atoms with Crippen LogP contribution >= 0.6 is 0 Å². The summed E-state index contributed by atoms with van der Waals surface area (Å²) in [4.78, 5) is 24.2. The molecule has 0 saturated heterocycles. The van der Waals surface area contributed by atoms with Crippen molar-refractivity contribution in [2.45, 2.75) is 12.8 Å². The molecular weight excluding hydrogens is 382 g/mol. The first-order valence-corrected chi connectivity index (χ1v) is 9.54. The second-order valence-corrected chi connectivity index (χ2v) is 6.47. The Kier molecular flexibility index (Phi) is 7.44. The van der Waals surface area contributed by atoms with E-state index < -0.39 is 11.9 Å². The molecule has 3 rings (SSSR count). The second-order valence-electron chi connectivity index (χ2n) is 6.47. The number of anilines is 1. The number of hydrogen-bond donors (Lipinski definition) is 1. The zero-order chi connectivity index (χ0) is 21.2. The van der Waals surface area contributed by atoms with Gasteiger partial charge >= 0.3 is 5.97 Å². The molecule has 0 heterocycles. The summed E-state index contributed by atoms with van der Waals surface area (Å²) in [5.41, 5.74) is 1.49. The highest BCUT2D eigenvalue weighted by molar-refractivity contribution is 5.94. The maximum Gasteiger partial charge on any atom is 0.306 e. The van der Waals surface area contributed by atoms with E-state index >= 15 is 0 Å². The minimum Gasteiger partial charge on any atom is -0.497 e. The Morgan fingerprint density at radius 1 is 0.833 bits per heavy atom. The number of carbonyl (C=O) groups excluding carboxylic acids is 2. The Balaban J connectivity index is 1.46. The number of esters is 1. The summed E-state index contributed by atoms with van der Waals surface area (Å²) < 4.78 is 16.0. The maximum absolute atomic E-state index is 12.2. The van der Waals surface area contributed by atoms with Crippen LogP contribution in [-0.2, 0) is 20.7 Å². The van der Waals surface area contributed by atoms with E-state index in [9.17, 15) is 9.59 Å². The van der Waals surface area contributed by atoms with Gasteiger partial charge in [0.05, 0.1) is 12.8 Å². The predicted octanol–water partition coefficient (Wildman–Crippen LogP) is 4.60. The van der Waals surface area contributed by atoms with Crippen molar-refractivity contribution in [3.05, 3.63) is 84.4 Å². The molecule has 0 radical (unpaired) electrons. The lowest BCUT2D eigenvalue weighted by molar-refractivity contribution is -0.147. The number of ether oxygens (including phenoxy) is 3. The largest absolute Gasteiger partial charge is 0.497 e. The molecule has 0 unspecified atom stereocenters. The highest BCUT2D eigenvalue weighted by Crippen LogP contribution is 2.29. The quantitative estimate of drug-likeness (QED) is 0.527. The van der Waals surface area contributed by atoms with Crippen molar-refractivity contribution < 1.29 is 23.8 Å². The van der Waals surface area contributed by atoms with Crippen LogP contribution in [0.1, 0.15) is 12.0 Å². The topological polar surface area (TPSA) is 73.9 Å². The van der Waals surface area contributed by atoms with Gasteiger partial charge in [-0.05, 0) is 48.4 Å². The van der Waals surface area contributed by atoms with E-state index in [-0.39, 0.29) is 13.0 Å². The van der Waals surface area contributed by atoms with Crippen molar-refractivity contribution in [1.29, 1.82) is 0 Å². The normalized spacial score (nSPS) is 10.2. The molecule has 0 atom stereocenters. The molecular formula is C24H23NO5. The molecule has 0 bridgehead atoms. The summed E-state index contributed by atoms with van der Waals surface area (Å²) in [6.07, 6.45) is 0.714. The van der Waals surface area contributed by atoms with Crippen LogP contribution in [0.3, 0.4) is 0 Å². The van der Waals surface area contributed by atoms with Crippen molar-refractivity contribution in [2.24, 2.45) is 0 Å². The first-order valence-electron chi connectivity index (χ1n) is 9.54. The Hall–Kier alpha value is -3.80. The van der Waals surface area contributed by atoms with Crippen LogP contribution in [0.25, 0.3) is 0 Å². The van der Waals surface area contributed by atoms with Crippen LogP contribution in [0.5, 0.6) is 17.2 Å². The SMILES string of the molecule is COc1ccc(CCC(=O)OCC(=O)Nc2ccccc2Oc2ccccc2)cc1. The molecule has 1 N–H and O–H groups in total. The van der Waals surface area contributed by atoms with Crippen LogP contribution in [-0.4, -0.2) is 25.6 Å². The zero-order valence-corrected chi connectivity index (χ0v) is 16.7. The molecule has 0 spiro atoms. The van der Waals surface area contributed by atoms with Gasteiger partial charge in [-0.2, -0.15) is 0 Å². The zero-order valence-electron chi connectivity index (χ0n) is 16.7. The van der Waals surface area contributed by atoms with Crippen LogP contribution in [0, 0.1) is 0 Å². The van der Waals surface area contributed by atoms with E-state index in [0.717, 1.165) is 11.3 Å². The number of methoxy groups -OCH3 is 1. The van der Waals surface area contributed by atoms with Gasteiger partial charge in [0.2, 0.25) is 0 Å². The lowest BCUT2D eigenvalue weighted by Crippen LogP contribution is -2.21. The third kappa shape index (κ3) is 6.38. The van der Waals surface area contributed by atoms with E-state index in [2.05, 4.69) is 5.32 Å². The minimum atomic E-state index is -0.435. The highest BCUT2D eigenvalue weighted by Gasteiger charge is 2.11. The fourth-order valence-electron chi connectivity index (χ4n) is 2.72. The summed E-state index contributed by atoms with van der Waals surface area (Å²) in [6.45, 7) is -0.360. The van der Waals surface area contributed by atoms with Gasteiger partial charge < -0.3 is 19.5 Å². The lowest BCUT2D eigenvalue weighted by Gasteiger charge is -2.12. The van der Waals surface area contributed by atoms with E-state index in [4.69, 9.17) is 14.2 Å². The van der Waals surface area contributed by atoms with Crippen molar-refractivity contribution in [1.82, 2.24) is 0 Å². The molecule has 6 nitrogen and oxygen atoms in total. The van der Waals surface area contributed by atoms with E-state index in [0.29, 0.717) is 23.6 Å². The van der Waals surface area contributed by atoms with Crippen LogP contribution < -0.4 is 14.8 Å². The first-order chi connectivity index (χ1) is 14.6. The molecule has 3 aromatic rings. The van der Waals surface area contributed by atoms with Crippen LogP contribution in [0.4, 0.5) is 5.69 Å². The number of rotatable bonds is 9. The predicted molar refractivity (Wildman–Crippen MR) is 114 cm³/mol. The monoisotopic (exact) mass is 405 g/mol. The van der Waals surface area contributed by atoms with E-state index in [1.54, 1.807) is 25.3 Å². The number of nitrogens with one attached hydrogen (secondary N) is 1. The molecule has 0 aromatic heterocycles. The molecule has 3 aromatic carbocycles. The number of para-hydroxylation sites is 3. The number of aryl methyl sites for hydroxylation is 1. The Morgan fingerprint density at radius 3 is 2.27 bits per heavy atom. The molecule has 0 aliphatic heterocycles. The third-order valence-electron chi connectivity index (χ3n) is 4.27. The van der Waals surface area contributed by atoms with Gasteiger partial charge in [-0.25, -0.2) is 0 Å². The molecule has 6 heteroatoms. The van der Waals surface area contributed by atoms with Gasteiger partial charge in [-0.15, -0.1) is 0 Å². The van der Waals surface area contributed by atoms with Gasteiger partial charge in [-0.1, -0.05) is 42.5 Å². The lowest BCUT2D eigenvalue weighted by atomic mass is 10.1. The fourth-order valence-corrected chi connectivity index (χ4v) is 2.72. The van der Waals surface area contributed by atoms with Gasteiger partial charge in [0, 0.05) is 6.42 Å². The summed E-state index contributed by atoms with van der Waals surface area (Å²) in [7, 11) is 1.60. The molecule has 30 heavy (non-hydrogen) atoms. The van der Waals surface area contributed by atoms with Gasteiger partial charge in [-0.3, -0.25) is 9.59 Å². The van der Waals surface area contributed by atoms with Crippen molar-refractivity contribution in [3.8, 4) is 17.2 Å². The molecule has 154 valence electrons. The average Bonchev–Trinajstić information content (AvgIpc) is 2.78. The van der Waals surface area contributed by atoms with Crippen molar-refractivity contribution in [3.63, 3.8) is 0 Å². The smallest absolute Gasteiger partial charge is 0.306 e. The summed E-state index contributed by atoms with van der Waals surface area (Å²) in [5, 5.41) is 2.72. The Labute approximate surface area is 175 Å². The summed E-state index contributed by atoms with van der Waals surface area (Å²) in [5.74, 6) is 1.05. The highest BCUT2D eigenvalue weighted by atomic mass is 16.5. The van der Waals surface area contributed by atoms with Crippen LogP contribution in [0.2, 0.25) is 0 Å². The fraction of sp³-hybridized carbons (Fsp3) is 0.167. The minimum absolute atomic E-state index is 0.188. The molecule has 1 amide bonds. The van der Waals surface area contributed by atoms with E-state index in [1.165, 1.54) is 0 Å². The van der Waals surface area contributed by atoms with Crippen molar-refractivity contribution in [2.75, 3.05) is 19.0 Å². The van der Waals surface area contributed by atoms with E-state index in [1.807, 2.05) is 60.7 Å². The maximum atomic E-state index is 12.2.